The van der Waals surface area contributed by atoms with Gasteiger partial charge in [0.05, 0.1) is 24.5 Å². The van der Waals surface area contributed by atoms with Gasteiger partial charge in [-0.15, -0.1) is 12.4 Å². The number of halogens is 1. The van der Waals surface area contributed by atoms with Crippen molar-refractivity contribution < 1.29 is 9.53 Å². The first-order valence-corrected chi connectivity index (χ1v) is 6.49. The standard InChI is InChI=1S/C12H18N4O2.ClH/c17-12(10-7-13-4-5-18-10)15-9-3-1-2-8-6-14-16-11(8)9;/h6,9-10,13H,1-5,7H2,(H,14,16)(H,15,17);1H. The van der Waals surface area contributed by atoms with E-state index in [1.807, 2.05) is 6.20 Å². The molecule has 0 aromatic carbocycles. The van der Waals surface area contributed by atoms with E-state index in [1.165, 1.54) is 5.56 Å². The number of H-pyrrole nitrogens is 1. The Hall–Kier alpha value is -1.11. The fourth-order valence-corrected chi connectivity index (χ4v) is 2.61. The van der Waals surface area contributed by atoms with Gasteiger partial charge in [0, 0.05) is 13.1 Å². The number of amides is 1. The van der Waals surface area contributed by atoms with Crippen molar-refractivity contribution >= 4 is 18.3 Å². The van der Waals surface area contributed by atoms with Gasteiger partial charge in [-0.3, -0.25) is 9.89 Å². The maximum absolute atomic E-state index is 12.1. The summed E-state index contributed by atoms with van der Waals surface area (Å²) in [6.07, 6.45) is 4.57. The van der Waals surface area contributed by atoms with Crippen LogP contribution in [0, 0.1) is 0 Å². The summed E-state index contributed by atoms with van der Waals surface area (Å²) in [6, 6.07) is 0.0503. The van der Waals surface area contributed by atoms with E-state index in [0.717, 1.165) is 31.5 Å². The van der Waals surface area contributed by atoms with Gasteiger partial charge in [-0.05, 0) is 24.8 Å². The molecule has 3 N–H and O–H groups in total. The third-order valence-corrected chi connectivity index (χ3v) is 3.58. The lowest BCUT2D eigenvalue weighted by Crippen LogP contribution is -2.48. The first-order valence-electron chi connectivity index (χ1n) is 6.49. The molecular weight excluding hydrogens is 268 g/mol. The number of nitrogens with zero attached hydrogens (tertiary/aromatic N) is 1. The predicted molar refractivity (Wildman–Crippen MR) is 72.3 cm³/mol. The Bertz CT molecular complexity index is 431. The van der Waals surface area contributed by atoms with Crippen LogP contribution in [0.25, 0.3) is 0 Å². The zero-order valence-corrected chi connectivity index (χ0v) is 11.5. The van der Waals surface area contributed by atoms with Gasteiger partial charge in [0.1, 0.15) is 6.10 Å². The molecule has 0 bridgehead atoms. The fraction of sp³-hybridized carbons (Fsp3) is 0.667. The maximum Gasteiger partial charge on any atom is 0.250 e. The van der Waals surface area contributed by atoms with Crippen molar-refractivity contribution in [3.05, 3.63) is 17.5 Å². The fourth-order valence-electron chi connectivity index (χ4n) is 2.61. The molecule has 2 unspecified atom stereocenters. The molecule has 106 valence electrons. The minimum absolute atomic E-state index is 0. The maximum atomic E-state index is 12.1. The smallest absolute Gasteiger partial charge is 0.250 e. The third kappa shape index (κ3) is 3.08. The highest BCUT2D eigenvalue weighted by Gasteiger charge is 2.28. The SMILES string of the molecule is Cl.O=C(NC1CCCc2cn[nH]c21)C1CNCCO1. The van der Waals surface area contributed by atoms with Crippen LogP contribution in [-0.2, 0) is 16.0 Å². The highest BCUT2D eigenvalue weighted by Crippen LogP contribution is 2.27. The second-order valence-corrected chi connectivity index (χ2v) is 4.83. The minimum Gasteiger partial charge on any atom is -0.366 e. The first-order chi connectivity index (χ1) is 8.84. The molecule has 2 aliphatic rings. The van der Waals surface area contributed by atoms with Crippen LogP contribution in [0.4, 0.5) is 0 Å². The molecule has 1 aromatic rings. The molecule has 1 saturated heterocycles. The van der Waals surface area contributed by atoms with Crippen LogP contribution in [0.1, 0.15) is 30.1 Å². The highest BCUT2D eigenvalue weighted by atomic mass is 35.5. The van der Waals surface area contributed by atoms with Crippen LogP contribution in [0.2, 0.25) is 0 Å². The monoisotopic (exact) mass is 286 g/mol. The number of aromatic amines is 1. The molecule has 0 spiro atoms. The van der Waals surface area contributed by atoms with Crippen LogP contribution >= 0.6 is 12.4 Å². The van der Waals surface area contributed by atoms with Crippen molar-refractivity contribution in [3.63, 3.8) is 0 Å². The molecule has 6 nitrogen and oxygen atoms in total. The quantitative estimate of drug-likeness (QED) is 0.731. The topological polar surface area (TPSA) is 79.0 Å². The van der Waals surface area contributed by atoms with Gasteiger partial charge in [0.25, 0.3) is 5.91 Å². The molecule has 2 atom stereocenters. The summed E-state index contributed by atoms with van der Waals surface area (Å²) >= 11 is 0. The van der Waals surface area contributed by atoms with Crippen molar-refractivity contribution in [3.8, 4) is 0 Å². The van der Waals surface area contributed by atoms with Gasteiger partial charge in [-0.2, -0.15) is 5.10 Å². The zero-order valence-electron chi connectivity index (χ0n) is 10.6. The van der Waals surface area contributed by atoms with Gasteiger partial charge in [0.15, 0.2) is 0 Å². The first kappa shape index (κ1) is 14.3. The van der Waals surface area contributed by atoms with Crippen molar-refractivity contribution in [1.29, 1.82) is 0 Å². The Kier molecular flexibility index (Phi) is 4.79. The molecule has 1 aliphatic carbocycles. The van der Waals surface area contributed by atoms with Crippen molar-refractivity contribution in [2.24, 2.45) is 0 Å². The highest BCUT2D eigenvalue weighted by molar-refractivity contribution is 5.85. The minimum atomic E-state index is -0.368. The van der Waals surface area contributed by atoms with Crippen LogP contribution in [0.3, 0.4) is 0 Å². The Morgan fingerprint density at radius 1 is 1.53 bits per heavy atom. The summed E-state index contributed by atoms with van der Waals surface area (Å²) in [5, 5.41) is 13.3. The summed E-state index contributed by atoms with van der Waals surface area (Å²) in [5.41, 5.74) is 2.27. The van der Waals surface area contributed by atoms with E-state index in [4.69, 9.17) is 4.74 Å². The van der Waals surface area contributed by atoms with E-state index < -0.39 is 0 Å². The summed E-state index contributed by atoms with van der Waals surface area (Å²) < 4.78 is 5.45. The van der Waals surface area contributed by atoms with Crippen LogP contribution in [0.15, 0.2) is 6.20 Å². The summed E-state index contributed by atoms with van der Waals surface area (Å²) in [4.78, 5) is 12.1. The molecular formula is C12H19ClN4O2. The van der Waals surface area contributed by atoms with E-state index in [1.54, 1.807) is 0 Å². The Balaban J connectivity index is 0.00000133. The number of hydrogen-bond acceptors (Lipinski definition) is 4. The number of aromatic nitrogens is 2. The molecule has 7 heteroatoms. The Morgan fingerprint density at radius 3 is 3.21 bits per heavy atom. The average molecular weight is 287 g/mol. The van der Waals surface area contributed by atoms with Gasteiger partial charge < -0.3 is 15.4 Å². The molecule has 0 radical (unpaired) electrons. The van der Waals surface area contributed by atoms with E-state index in [0.29, 0.717) is 13.2 Å². The molecule has 1 amide bonds. The second-order valence-electron chi connectivity index (χ2n) is 4.83. The zero-order chi connectivity index (χ0) is 12.4. The van der Waals surface area contributed by atoms with Gasteiger partial charge in [0.2, 0.25) is 0 Å². The summed E-state index contributed by atoms with van der Waals surface area (Å²) in [7, 11) is 0. The third-order valence-electron chi connectivity index (χ3n) is 3.58. The van der Waals surface area contributed by atoms with Gasteiger partial charge in [-0.25, -0.2) is 0 Å². The van der Waals surface area contributed by atoms with Gasteiger partial charge in [-0.1, -0.05) is 0 Å². The average Bonchev–Trinajstić information content (AvgIpc) is 2.89. The number of rotatable bonds is 2. The number of carbonyl (C=O) groups excluding carboxylic acids is 1. The van der Waals surface area contributed by atoms with Gasteiger partial charge >= 0.3 is 0 Å². The molecule has 1 aromatic heterocycles. The molecule has 2 heterocycles. The van der Waals surface area contributed by atoms with Crippen molar-refractivity contribution in [2.75, 3.05) is 19.7 Å². The summed E-state index contributed by atoms with van der Waals surface area (Å²) in [6.45, 7) is 2.00. The number of ether oxygens (including phenoxy) is 1. The van der Waals surface area contributed by atoms with E-state index in [-0.39, 0.29) is 30.5 Å². The Morgan fingerprint density at radius 2 is 2.42 bits per heavy atom. The number of morpholine rings is 1. The Labute approximate surface area is 118 Å². The lowest BCUT2D eigenvalue weighted by molar-refractivity contribution is -0.135. The largest absolute Gasteiger partial charge is 0.366 e. The number of hydrogen-bond donors (Lipinski definition) is 3. The second kappa shape index (κ2) is 6.36. The molecule has 0 saturated carbocycles. The van der Waals surface area contributed by atoms with Crippen molar-refractivity contribution in [2.45, 2.75) is 31.4 Å². The lowest BCUT2D eigenvalue weighted by Gasteiger charge is -2.27. The van der Waals surface area contributed by atoms with E-state index >= 15 is 0 Å². The molecule has 19 heavy (non-hydrogen) atoms. The lowest BCUT2D eigenvalue weighted by atomic mass is 9.93. The number of nitrogens with one attached hydrogen (secondary N) is 3. The molecule has 3 rings (SSSR count). The van der Waals surface area contributed by atoms with Crippen LogP contribution < -0.4 is 10.6 Å². The summed E-state index contributed by atoms with van der Waals surface area (Å²) in [5.74, 6) is -0.0327. The van der Waals surface area contributed by atoms with Crippen molar-refractivity contribution in [1.82, 2.24) is 20.8 Å². The number of fused-ring (bicyclic) bond motifs is 1. The number of carbonyl (C=O) groups is 1. The molecule has 1 fully saturated rings. The van der Waals surface area contributed by atoms with Crippen LogP contribution in [-0.4, -0.2) is 41.9 Å². The van der Waals surface area contributed by atoms with E-state index in [2.05, 4.69) is 20.8 Å². The van der Waals surface area contributed by atoms with Crippen LogP contribution in [0.5, 0.6) is 0 Å². The predicted octanol–water partition coefficient (Wildman–Crippen LogP) is 0.313. The molecule has 1 aliphatic heterocycles. The number of aryl methyl sites for hydroxylation is 1. The normalized spacial score (nSPS) is 26.1. The van der Waals surface area contributed by atoms with E-state index in [9.17, 15) is 4.79 Å².